The highest BCUT2D eigenvalue weighted by atomic mass is 32.2. The molecule has 0 radical (unpaired) electrons. The fourth-order valence-corrected chi connectivity index (χ4v) is 4.12. The molecule has 3 heterocycles. The van der Waals surface area contributed by atoms with E-state index in [0.717, 1.165) is 10.8 Å². The van der Waals surface area contributed by atoms with Crippen LogP contribution in [0.1, 0.15) is 11.8 Å². The monoisotopic (exact) mass is 361 g/mol. The van der Waals surface area contributed by atoms with Crippen LogP contribution in [0, 0.1) is 6.92 Å². The average molecular weight is 361 g/mol. The van der Waals surface area contributed by atoms with Gasteiger partial charge in [-0.1, -0.05) is 0 Å². The molecule has 2 aliphatic heterocycles. The molecule has 12 heteroatoms. The van der Waals surface area contributed by atoms with Crippen molar-refractivity contribution >= 4 is 10.1 Å². The van der Waals surface area contributed by atoms with Crippen molar-refractivity contribution in [3.8, 4) is 0 Å². The van der Waals surface area contributed by atoms with Gasteiger partial charge < -0.3 is 20.7 Å². The summed E-state index contributed by atoms with van der Waals surface area (Å²) in [5, 5.41) is 20.7. The van der Waals surface area contributed by atoms with Gasteiger partial charge in [-0.05, 0) is 6.92 Å². The molecule has 0 aliphatic carbocycles. The first-order valence-corrected chi connectivity index (χ1v) is 8.29. The highest BCUT2D eigenvalue weighted by Crippen LogP contribution is 2.46. The first-order valence-electron chi connectivity index (χ1n) is 6.82. The van der Waals surface area contributed by atoms with Gasteiger partial charge >= 0.3 is 5.69 Å². The zero-order valence-electron chi connectivity index (χ0n) is 12.4. The minimum absolute atomic E-state index is 0.162. The van der Waals surface area contributed by atoms with E-state index in [1.165, 1.54) is 6.92 Å². The van der Waals surface area contributed by atoms with Crippen molar-refractivity contribution in [3.05, 3.63) is 43.7 Å². The molecule has 132 valence electrons. The molecule has 0 aromatic carbocycles. The number of ether oxygens (including phenoxy) is 1. The van der Waals surface area contributed by atoms with Crippen LogP contribution in [0.15, 0.2) is 26.9 Å². The van der Waals surface area contributed by atoms with E-state index in [1.54, 1.807) is 0 Å². The molecule has 1 spiro atoms. The molecule has 0 saturated carbocycles. The van der Waals surface area contributed by atoms with Crippen molar-refractivity contribution in [2.45, 2.75) is 31.0 Å². The highest BCUT2D eigenvalue weighted by molar-refractivity contribution is 7.90. The van der Waals surface area contributed by atoms with E-state index in [0.29, 0.717) is 5.41 Å². The molecule has 5 N–H and O–H groups in total. The molecular formula is C12H15N3O8S. The molecule has 24 heavy (non-hydrogen) atoms. The smallest absolute Gasteiger partial charge is 0.330 e. The molecular weight excluding hydrogens is 346 g/mol. The van der Waals surface area contributed by atoms with Gasteiger partial charge in [0.05, 0.1) is 17.7 Å². The van der Waals surface area contributed by atoms with Crippen LogP contribution >= 0.6 is 0 Å². The van der Waals surface area contributed by atoms with E-state index in [-0.39, 0.29) is 11.3 Å². The summed E-state index contributed by atoms with van der Waals surface area (Å²) in [5.74, 6) is 0. The normalized spacial score (nSPS) is 34.6. The third-order valence-corrected chi connectivity index (χ3v) is 5.10. The molecule has 1 aromatic heterocycles. The number of nitrogens with one attached hydrogen (secondary N) is 1. The number of H-pyrrole nitrogens is 1. The standard InChI is InChI=1S/C12H15N3O8S/c1-5-2-15(11(19)14-9(5)18)10-8(17)12(7(3-16)22-10)6(13)4-24(20,21)23-12/h2,4,7-8,10,16-17H,3,13H2,1H3,(H,14,18,19)/t7-,8+,10-,12?/m1/s1. The van der Waals surface area contributed by atoms with Crippen molar-refractivity contribution in [2.75, 3.05) is 6.61 Å². The molecule has 4 atom stereocenters. The Kier molecular flexibility index (Phi) is 3.69. The summed E-state index contributed by atoms with van der Waals surface area (Å²) in [7, 11) is -4.18. The van der Waals surface area contributed by atoms with Gasteiger partial charge in [-0.15, -0.1) is 0 Å². The second-order valence-corrected chi connectivity index (χ2v) is 6.95. The van der Waals surface area contributed by atoms with Crippen LogP contribution < -0.4 is 17.0 Å². The number of aryl methyl sites for hydroxylation is 1. The number of aromatic nitrogens is 2. The zero-order chi connectivity index (χ0) is 17.9. The van der Waals surface area contributed by atoms with E-state index in [1.807, 2.05) is 4.98 Å². The predicted molar refractivity (Wildman–Crippen MR) is 78.1 cm³/mol. The lowest BCUT2D eigenvalue weighted by atomic mass is 9.89. The SMILES string of the molecule is Cc1cn([C@@H]2O[C@H](CO)C3(OS(=O)(=O)C=C3N)[C@H]2O)c(=O)[nH]c1=O. The quantitative estimate of drug-likeness (QED) is 0.400. The van der Waals surface area contributed by atoms with Gasteiger partial charge in [0, 0.05) is 11.8 Å². The Morgan fingerprint density at radius 2 is 2.12 bits per heavy atom. The third kappa shape index (κ3) is 2.22. The van der Waals surface area contributed by atoms with Crippen molar-refractivity contribution in [2.24, 2.45) is 5.73 Å². The third-order valence-electron chi connectivity index (χ3n) is 4.05. The Morgan fingerprint density at radius 3 is 2.67 bits per heavy atom. The molecule has 0 amide bonds. The second-order valence-electron chi connectivity index (χ2n) is 5.56. The minimum atomic E-state index is -4.18. The highest BCUT2D eigenvalue weighted by Gasteiger charge is 2.64. The molecule has 3 rings (SSSR count). The molecule has 11 nitrogen and oxygen atoms in total. The Labute approximate surface area is 135 Å². The molecule has 2 aliphatic rings. The number of aliphatic hydroxyl groups is 2. The van der Waals surface area contributed by atoms with Crippen LogP contribution in [0.4, 0.5) is 0 Å². The summed E-state index contributed by atoms with van der Waals surface area (Å²) in [6.45, 7) is 0.703. The van der Waals surface area contributed by atoms with Gasteiger partial charge in [-0.3, -0.25) is 14.3 Å². The molecule has 0 bridgehead atoms. The first kappa shape index (κ1) is 16.9. The number of hydrogen-bond donors (Lipinski definition) is 4. The Hall–Kier alpha value is -1.99. The lowest BCUT2D eigenvalue weighted by Gasteiger charge is -2.30. The van der Waals surface area contributed by atoms with E-state index < -0.39 is 52.0 Å². The van der Waals surface area contributed by atoms with Gasteiger partial charge in [0.1, 0.15) is 12.2 Å². The van der Waals surface area contributed by atoms with Crippen molar-refractivity contribution in [3.63, 3.8) is 0 Å². The van der Waals surface area contributed by atoms with Crippen LogP contribution in [0.5, 0.6) is 0 Å². The zero-order valence-corrected chi connectivity index (χ0v) is 13.2. The maximum absolute atomic E-state index is 12.0. The van der Waals surface area contributed by atoms with Crippen LogP contribution in [0.2, 0.25) is 0 Å². The van der Waals surface area contributed by atoms with Crippen molar-refractivity contribution < 1.29 is 27.6 Å². The van der Waals surface area contributed by atoms with Gasteiger partial charge in [0.25, 0.3) is 15.7 Å². The van der Waals surface area contributed by atoms with Crippen molar-refractivity contribution in [1.29, 1.82) is 0 Å². The van der Waals surface area contributed by atoms with Crippen molar-refractivity contribution in [1.82, 2.24) is 9.55 Å². The summed E-state index contributed by atoms with van der Waals surface area (Å²) >= 11 is 0. The second kappa shape index (κ2) is 5.26. The molecule has 1 fully saturated rings. The fraction of sp³-hybridized carbons (Fsp3) is 0.500. The Balaban J connectivity index is 2.13. The predicted octanol–water partition coefficient (Wildman–Crippen LogP) is -3.01. The van der Waals surface area contributed by atoms with Crippen LogP contribution in [0.25, 0.3) is 0 Å². The summed E-state index contributed by atoms with van der Waals surface area (Å²) in [6, 6.07) is 0. The minimum Gasteiger partial charge on any atom is -0.399 e. The average Bonchev–Trinajstić information content (AvgIpc) is 2.89. The Bertz CT molecular complexity index is 932. The van der Waals surface area contributed by atoms with Gasteiger partial charge in [-0.25, -0.2) is 8.98 Å². The Morgan fingerprint density at radius 1 is 1.46 bits per heavy atom. The van der Waals surface area contributed by atoms with Crippen LogP contribution in [-0.2, 0) is 19.0 Å². The lowest BCUT2D eigenvalue weighted by Crippen LogP contribution is -2.53. The van der Waals surface area contributed by atoms with E-state index in [4.69, 9.17) is 14.7 Å². The summed E-state index contributed by atoms with van der Waals surface area (Å²) in [5.41, 5.74) is 1.96. The fourth-order valence-electron chi connectivity index (χ4n) is 2.89. The maximum atomic E-state index is 12.0. The van der Waals surface area contributed by atoms with Gasteiger partial charge in [0.15, 0.2) is 11.8 Å². The van der Waals surface area contributed by atoms with E-state index in [9.17, 15) is 28.2 Å². The number of aromatic amines is 1. The maximum Gasteiger partial charge on any atom is 0.330 e. The summed E-state index contributed by atoms with van der Waals surface area (Å²) in [6.07, 6.45) is -3.35. The van der Waals surface area contributed by atoms with Gasteiger partial charge in [0.2, 0.25) is 0 Å². The molecule has 1 aromatic rings. The number of rotatable bonds is 2. The number of nitrogens with two attached hydrogens (primary N) is 1. The first-order chi connectivity index (χ1) is 11.1. The van der Waals surface area contributed by atoms with E-state index >= 15 is 0 Å². The summed E-state index contributed by atoms with van der Waals surface area (Å²) in [4.78, 5) is 25.5. The largest absolute Gasteiger partial charge is 0.399 e. The van der Waals surface area contributed by atoms with Gasteiger partial charge in [-0.2, -0.15) is 8.42 Å². The van der Waals surface area contributed by atoms with Crippen LogP contribution in [0.3, 0.4) is 0 Å². The van der Waals surface area contributed by atoms with Crippen LogP contribution in [-0.4, -0.2) is 52.6 Å². The van der Waals surface area contributed by atoms with E-state index in [2.05, 4.69) is 0 Å². The lowest BCUT2D eigenvalue weighted by molar-refractivity contribution is -0.0591. The number of nitrogens with zero attached hydrogens (tertiary/aromatic N) is 1. The topological polar surface area (TPSA) is 174 Å². The molecule has 1 saturated heterocycles. The number of hydrogen-bond acceptors (Lipinski definition) is 9. The molecule has 1 unspecified atom stereocenters. The number of aliphatic hydroxyl groups excluding tert-OH is 2. The summed E-state index contributed by atoms with van der Waals surface area (Å²) < 4.78 is 34.5.